The highest BCUT2D eigenvalue weighted by molar-refractivity contribution is 8.26. The molecule has 6 nitrogen and oxygen atoms in total. The number of hydrogen-bond acceptors (Lipinski definition) is 6. The fraction of sp³-hybridized carbons (Fsp3) is 0.190. The first-order valence-corrected chi connectivity index (χ1v) is 10.3. The molecule has 0 spiro atoms. The third-order valence-electron chi connectivity index (χ3n) is 3.91. The number of hydrazine groups is 1. The summed E-state index contributed by atoms with van der Waals surface area (Å²) in [5.41, 5.74) is 3.78. The van der Waals surface area contributed by atoms with Crippen molar-refractivity contribution in [2.75, 3.05) is 13.2 Å². The van der Waals surface area contributed by atoms with E-state index in [1.807, 2.05) is 32.0 Å². The van der Waals surface area contributed by atoms with Gasteiger partial charge in [-0.3, -0.25) is 15.0 Å². The quantitative estimate of drug-likeness (QED) is 0.531. The minimum atomic E-state index is -0.400. The van der Waals surface area contributed by atoms with Crippen molar-refractivity contribution in [2.45, 2.75) is 13.8 Å². The van der Waals surface area contributed by atoms with Crippen LogP contribution in [0.2, 0.25) is 0 Å². The molecule has 150 valence electrons. The predicted molar refractivity (Wildman–Crippen MR) is 118 cm³/mol. The second-order valence-corrected chi connectivity index (χ2v) is 7.57. The number of nitrogens with zero attached hydrogens (tertiary/aromatic N) is 1. The molecular formula is C21H20N2O4S2. The lowest BCUT2D eigenvalue weighted by Gasteiger charge is -2.15. The van der Waals surface area contributed by atoms with E-state index in [0.717, 1.165) is 22.3 Å². The Balaban J connectivity index is 1.79. The monoisotopic (exact) mass is 428 g/mol. The van der Waals surface area contributed by atoms with E-state index in [9.17, 15) is 9.59 Å². The maximum absolute atomic E-state index is 12.7. The van der Waals surface area contributed by atoms with Crippen molar-refractivity contribution in [3.8, 4) is 11.5 Å². The summed E-state index contributed by atoms with van der Waals surface area (Å²) < 4.78 is 11.5. The lowest BCUT2D eigenvalue weighted by atomic mass is 10.2. The van der Waals surface area contributed by atoms with E-state index < -0.39 is 5.91 Å². The molecule has 1 saturated heterocycles. The van der Waals surface area contributed by atoms with Gasteiger partial charge in [0.25, 0.3) is 11.8 Å². The minimum Gasteiger partial charge on any atom is -0.490 e. The molecular weight excluding hydrogens is 408 g/mol. The molecule has 3 rings (SSSR count). The first-order valence-electron chi connectivity index (χ1n) is 9.07. The van der Waals surface area contributed by atoms with Crippen LogP contribution in [0.3, 0.4) is 0 Å². The average molecular weight is 429 g/mol. The Kier molecular flexibility index (Phi) is 6.90. The summed E-state index contributed by atoms with van der Waals surface area (Å²) in [5, 5.41) is 1.10. The van der Waals surface area contributed by atoms with Crippen molar-refractivity contribution in [1.29, 1.82) is 0 Å². The van der Waals surface area contributed by atoms with E-state index in [1.54, 1.807) is 36.4 Å². The molecule has 8 heteroatoms. The number of carbonyl (C=O) groups is 2. The van der Waals surface area contributed by atoms with E-state index in [1.165, 1.54) is 0 Å². The Hall–Kier alpha value is -2.84. The first-order chi connectivity index (χ1) is 14.0. The Bertz CT molecular complexity index is 960. The minimum absolute atomic E-state index is 0.265. The zero-order valence-corrected chi connectivity index (χ0v) is 17.6. The molecule has 29 heavy (non-hydrogen) atoms. The Labute approximate surface area is 178 Å². The van der Waals surface area contributed by atoms with Crippen LogP contribution in [0.25, 0.3) is 6.08 Å². The maximum Gasteiger partial charge on any atom is 0.285 e. The Morgan fingerprint density at radius 1 is 1.10 bits per heavy atom. The number of carbonyl (C=O) groups excluding carboxylic acids is 2. The van der Waals surface area contributed by atoms with Gasteiger partial charge in [-0.2, -0.15) is 5.01 Å². The summed E-state index contributed by atoms with van der Waals surface area (Å²) in [4.78, 5) is 25.5. The van der Waals surface area contributed by atoms with Gasteiger partial charge in [0.15, 0.2) is 15.8 Å². The molecule has 1 fully saturated rings. The molecule has 2 amide bonds. The molecule has 0 bridgehead atoms. The van der Waals surface area contributed by atoms with Crippen molar-refractivity contribution < 1.29 is 19.1 Å². The zero-order chi connectivity index (χ0) is 20.8. The van der Waals surface area contributed by atoms with Crippen LogP contribution in [0.15, 0.2) is 53.4 Å². The number of thiocarbonyl (C=S) groups is 1. The van der Waals surface area contributed by atoms with Crippen LogP contribution in [0.4, 0.5) is 0 Å². The third-order valence-corrected chi connectivity index (χ3v) is 5.21. The zero-order valence-electron chi connectivity index (χ0n) is 16.0. The number of nitrogens with one attached hydrogen (secondary N) is 1. The van der Waals surface area contributed by atoms with Crippen molar-refractivity contribution in [2.24, 2.45) is 0 Å². The topological polar surface area (TPSA) is 67.9 Å². The maximum atomic E-state index is 12.7. The predicted octanol–water partition coefficient (Wildman–Crippen LogP) is 4.03. The van der Waals surface area contributed by atoms with E-state index >= 15 is 0 Å². The van der Waals surface area contributed by atoms with Gasteiger partial charge >= 0.3 is 0 Å². The summed E-state index contributed by atoms with van der Waals surface area (Å²) in [6.45, 7) is 4.82. The number of hydrogen-bond donors (Lipinski definition) is 1. The smallest absolute Gasteiger partial charge is 0.285 e. The van der Waals surface area contributed by atoms with Crippen LogP contribution in [-0.4, -0.2) is 34.4 Å². The van der Waals surface area contributed by atoms with Crippen LogP contribution in [0.5, 0.6) is 11.5 Å². The molecule has 2 aromatic rings. The number of thioether (sulfide) groups is 1. The summed E-state index contributed by atoms with van der Waals surface area (Å²) in [7, 11) is 0. The van der Waals surface area contributed by atoms with Crippen molar-refractivity contribution >= 4 is 46.2 Å². The highest BCUT2D eigenvalue weighted by atomic mass is 32.2. The van der Waals surface area contributed by atoms with E-state index in [4.69, 9.17) is 21.7 Å². The second kappa shape index (κ2) is 9.58. The van der Waals surface area contributed by atoms with Gasteiger partial charge < -0.3 is 9.47 Å². The molecule has 0 atom stereocenters. The summed E-state index contributed by atoms with van der Waals surface area (Å²) in [5.74, 6) is 0.476. The van der Waals surface area contributed by atoms with E-state index in [2.05, 4.69) is 5.43 Å². The molecule has 2 aromatic carbocycles. The fourth-order valence-corrected chi connectivity index (χ4v) is 3.81. The van der Waals surface area contributed by atoms with Crippen LogP contribution in [0.1, 0.15) is 29.8 Å². The number of benzene rings is 2. The van der Waals surface area contributed by atoms with Crippen LogP contribution in [0, 0.1) is 0 Å². The number of amides is 2. The standard InChI is InChI=1S/C21H20N2O4S2/c1-3-26-16-11-10-14(12-17(16)27-4-2)13-18-20(25)23(21(28)29-18)22-19(24)15-8-6-5-7-9-15/h5-13H,3-4H2,1-2H3,(H,22,24)/b18-13-. The number of rotatable bonds is 7. The van der Waals surface area contributed by atoms with Crippen LogP contribution >= 0.6 is 24.0 Å². The largest absolute Gasteiger partial charge is 0.490 e. The summed E-state index contributed by atoms with van der Waals surface area (Å²) >= 11 is 6.40. The van der Waals surface area contributed by atoms with E-state index in [0.29, 0.717) is 35.2 Å². The van der Waals surface area contributed by atoms with Crippen molar-refractivity contribution in [3.63, 3.8) is 0 Å². The molecule has 0 saturated carbocycles. The van der Waals surface area contributed by atoms with Gasteiger partial charge in [-0.25, -0.2) is 0 Å². The SMILES string of the molecule is CCOc1ccc(/C=C2\SC(=S)N(NC(=O)c3ccccc3)C2=O)cc1OCC. The third kappa shape index (κ3) is 4.96. The fourth-order valence-electron chi connectivity index (χ4n) is 2.63. The highest BCUT2D eigenvalue weighted by Crippen LogP contribution is 2.34. The van der Waals surface area contributed by atoms with Crippen LogP contribution in [-0.2, 0) is 4.79 Å². The van der Waals surface area contributed by atoms with Gasteiger partial charge in [-0.05, 0) is 62.0 Å². The molecule has 1 heterocycles. The number of ether oxygens (including phenoxy) is 2. The van der Waals surface area contributed by atoms with Gasteiger partial charge in [0.1, 0.15) is 0 Å². The molecule has 1 aliphatic rings. The lowest BCUT2D eigenvalue weighted by Crippen LogP contribution is -2.44. The lowest BCUT2D eigenvalue weighted by molar-refractivity contribution is -0.123. The van der Waals surface area contributed by atoms with Gasteiger partial charge in [0, 0.05) is 5.56 Å². The van der Waals surface area contributed by atoms with Crippen LogP contribution < -0.4 is 14.9 Å². The van der Waals surface area contributed by atoms with Gasteiger partial charge in [-0.1, -0.05) is 36.0 Å². The van der Waals surface area contributed by atoms with Gasteiger partial charge in [-0.15, -0.1) is 0 Å². The molecule has 1 aliphatic heterocycles. The Morgan fingerprint density at radius 3 is 2.48 bits per heavy atom. The van der Waals surface area contributed by atoms with E-state index in [-0.39, 0.29) is 10.2 Å². The van der Waals surface area contributed by atoms with Crippen molar-refractivity contribution in [3.05, 3.63) is 64.6 Å². The summed E-state index contributed by atoms with van der Waals surface area (Å²) in [6.07, 6.45) is 1.71. The van der Waals surface area contributed by atoms with Gasteiger partial charge in [0.2, 0.25) is 0 Å². The molecule has 0 unspecified atom stereocenters. The first kappa shape index (κ1) is 20.9. The molecule has 0 aliphatic carbocycles. The highest BCUT2D eigenvalue weighted by Gasteiger charge is 2.33. The molecule has 0 aromatic heterocycles. The van der Waals surface area contributed by atoms with Crippen molar-refractivity contribution in [1.82, 2.24) is 10.4 Å². The second-order valence-electron chi connectivity index (χ2n) is 5.90. The average Bonchev–Trinajstić information content (AvgIpc) is 2.98. The molecule has 0 radical (unpaired) electrons. The summed E-state index contributed by atoms with van der Waals surface area (Å²) in [6, 6.07) is 14.1. The Morgan fingerprint density at radius 2 is 1.79 bits per heavy atom. The normalized spacial score (nSPS) is 15.0. The van der Waals surface area contributed by atoms with Gasteiger partial charge in [0.05, 0.1) is 18.1 Å². The molecule has 1 N–H and O–H groups in total.